The van der Waals surface area contributed by atoms with Crippen LogP contribution < -0.4 is 5.32 Å². The number of sulfonamides is 1. The molecule has 162 valence electrons. The van der Waals surface area contributed by atoms with E-state index in [-0.39, 0.29) is 28.8 Å². The topological polar surface area (TPSA) is 104 Å². The van der Waals surface area contributed by atoms with Crippen molar-refractivity contribution in [2.45, 2.75) is 17.7 Å². The first-order chi connectivity index (χ1) is 14.7. The van der Waals surface area contributed by atoms with Gasteiger partial charge < -0.3 is 5.32 Å². The number of nitrogens with zero attached hydrogens (tertiary/aromatic N) is 2. The number of imide groups is 1. The number of carbonyl (C=O) groups is 3. The molecule has 2 aromatic carbocycles. The number of carbonyl (C=O) groups excluding carboxylic acids is 3. The van der Waals surface area contributed by atoms with Gasteiger partial charge >= 0.3 is 0 Å². The Labute approximate surface area is 184 Å². The van der Waals surface area contributed by atoms with Crippen molar-refractivity contribution < 1.29 is 22.8 Å². The Morgan fingerprint density at radius 3 is 2.45 bits per heavy atom. The third kappa shape index (κ3) is 3.96. The van der Waals surface area contributed by atoms with Crippen molar-refractivity contribution >= 4 is 45.0 Å². The number of anilines is 1. The maximum Gasteiger partial charge on any atom is 0.261 e. The predicted molar refractivity (Wildman–Crippen MR) is 114 cm³/mol. The van der Waals surface area contributed by atoms with Gasteiger partial charge in [-0.25, -0.2) is 8.42 Å². The molecule has 31 heavy (non-hydrogen) atoms. The Hall–Kier alpha value is -2.75. The van der Waals surface area contributed by atoms with Gasteiger partial charge in [0.2, 0.25) is 15.9 Å². The van der Waals surface area contributed by atoms with E-state index in [4.69, 9.17) is 11.6 Å². The van der Waals surface area contributed by atoms with Crippen molar-refractivity contribution in [3.63, 3.8) is 0 Å². The summed E-state index contributed by atoms with van der Waals surface area (Å²) in [6.07, 6.45) is 1.09. The van der Waals surface area contributed by atoms with Crippen LogP contribution in [0.25, 0.3) is 0 Å². The Morgan fingerprint density at radius 2 is 1.74 bits per heavy atom. The summed E-state index contributed by atoms with van der Waals surface area (Å²) in [5.74, 6) is -1.67. The molecule has 10 heteroatoms. The number of amides is 3. The number of halogens is 1. The summed E-state index contributed by atoms with van der Waals surface area (Å²) in [6, 6.07) is 10.5. The third-order valence-corrected chi connectivity index (χ3v) is 7.69. The molecule has 2 aromatic rings. The molecular formula is C21H20ClN3O5S. The van der Waals surface area contributed by atoms with Crippen LogP contribution in [-0.2, 0) is 14.8 Å². The van der Waals surface area contributed by atoms with E-state index in [9.17, 15) is 22.8 Å². The van der Waals surface area contributed by atoms with Crippen molar-refractivity contribution in [3.05, 3.63) is 58.6 Å². The summed E-state index contributed by atoms with van der Waals surface area (Å²) in [7, 11) is -2.34. The molecule has 3 amide bonds. The van der Waals surface area contributed by atoms with E-state index in [1.54, 1.807) is 6.07 Å². The van der Waals surface area contributed by atoms with Gasteiger partial charge in [0, 0.05) is 30.8 Å². The van der Waals surface area contributed by atoms with Crippen LogP contribution in [0.4, 0.5) is 5.69 Å². The molecule has 1 saturated heterocycles. The zero-order valence-corrected chi connectivity index (χ0v) is 18.2. The Balaban J connectivity index is 1.48. The summed E-state index contributed by atoms with van der Waals surface area (Å²) in [5.41, 5.74) is 0.919. The van der Waals surface area contributed by atoms with Crippen molar-refractivity contribution in [2.24, 2.45) is 5.92 Å². The van der Waals surface area contributed by atoms with E-state index >= 15 is 0 Å². The summed E-state index contributed by atoms with van der Waals surface area (Å²) in [6.45, 7) is 0.387. The minimum atomic E-state index is -3.74. The van der Waals surface area contributed by atoms with Crippen LogP contribution >= 0.6 is 11.6 Å². The average Bonchev–Trinajstić information content (AvgIpc) is 2.98. The second kappa shape index (κ2) is 8.07. The van der Waals surface area contributed by atoms with Crippen LogP contribution in [0.3, 0.4) is 0 Å². The molecular weight excluding hydrogens is 442 g/mol. The molecule has 1 atom stereocenters. The maximum atomic E-state index is 12.9. The third-order valence-electron chi connectivity index (χ3n) is 5.56. The number of rotatable bonds is 4. The molecule has 1 unspecified atom stereocenters. The first kappa shape index (κ1) is 21.5. The number of hydrogen-bond donors (Lipinski definition) is 1. The van der Waals surface area contributed by atoms with E-state index in [0.29, 0.717) is 35.7 Å². The highest BCUT2D eigenvalue weighted by atomic mass is 35.5. The lowest BCUT2D eigenvalue weighted by Gasteiger charge is -2.31. The van der Waals surface area contributed by atoms with Crippen LogP contribution in [0.5, 0.6) is 0 Å². The minimum absolute atomic E-state index is 0.0574. The highest BCUT2D eigenvalue weighted by Gasteiger charge is 2.35. The first-order valence-corrected chi connectivity index (χ1v) is 11.5. The van der Waals surface area contributed by atoms with Crippen molar-refractivity contribution in [1.29, 1.82) is 0 Å². The fraction of sp³-hybridized carbons (Fsp3) is 0.286. The predicted octanol–water partition coefficient (Wildman–Crippen LogP) is 2.61. The lowest BCUT2D eigenvalue weighted by atomic mass is 9.98. The first-order valence-electron chi connectivity index (χ1n) is 9.71. The Morgan fingerprint density at radius 1 is 1.06 bits per heavy atom. The molecule has 4 rings (SSSR count). The van der Waals surface area contributed by atoms with E-state index in [1.165, 1.54) is 47.8 Å². The number of nitrogens with one attached hydrogen (secondary N) is 1. The van der Waals surface area contributed by atoms with Gasteiger partial charge in [0.05, 0.1) is 21.9 Å². The summed E-state index contributed by atoms with van der Waals surface area (Å²) >= 11 is 5.85. The SMILES string of the molecule is CN1C(=O)c2ccc(NC(=O)C3CCCN(S(=O)(=O)c4ccc(Cl)cc4)C3)cc2C1=O. The van der Waals surface area contributed by atoms with Crippen molar-refractivity contribution in [1.82, 2.24) is 9.21 Å². The highest BCUT2D eigenvalue weighted by molar-refractivity contribution is 7.89. The Bertz CT molecular complexity index is 1180. The molecule has 0 bridgehead atoms. The van der Waals surface area contributed by atoms with Gasteiger partial charge in [0.1, 0.15) is 0 Å². The summed E-state index contributed by atoms with van der Waals surface area (Å²) in [5, 5.41) is 3.19. The molecule has 2 aliphatic heterocycles. The van der Waals surface area contributed by atoms with Gasteiger partial charge in [0.25, 0.3) is 11.8 Å². The molecule has 0 saturated carbocycles. The normalized spacial score (nSPS) is 19.4. The van der Waals surface area contributed by atoms with Gasteiger partial charge in [0.15, 0.2) is 0 Å². The second-order valence-corrected chi connectivity index (χ2v) is 9.95. The van der Waals surface area contributed by atoms with Gasteiger partial charge in [-0.15, -0.1) is 0 Å². The average molecular weight is 462 g/mol. The smallest absolute Gasteiger partial charge is 0.261 e. The van der Waals surface area contributed by atoms with Gasteiger partial charge in [-0.3, -0.25) is 19.3 Å². The number of fused-ring (bicyclic) bond motifs is 1. The van der Waals surface area contributed by atoms with Gasteiger partial charge in [-0.2, -0.15) is 4.31 Å². The lowest BCUT2D eigenvalue weighted by Crippen LogP contribution is -2.43. The van der Waals surface area contributed by atoms with E-state index in [0.717, 1.165) is 4.90 Å². The quantitative estimate of drug-likeness (QED) is 0.705. The number of benzene rings is 2. The molecule has 1 fully saturated rings. The monoisotopic (exact) mass is 461 g/mol. The van der Waals surface area contributed by atoms with E-state index in [1.807, 2.05) is 0 Å². The number of hydrogen-bond acceptors (Lipinski definition) is 5. The molecule has 2 aliphatic rings. The van der Waals surface area contributed by atoms with E-state index in [2.05, 4.69) is 5.32 Å². The van der Waals surface area contributed by atoms with Crippen LogP contribution in [0, 0.1) is 5.92 Å². The summed E-state index contributed by atoms with van der Waals surface area (Å²) < 4.78 is 27.2. The van der Waals surface area contributed by atoms with Crippen molar-refractivity contribution in [2.75, 3.05) is 25.5 Å². The fourth-order valence-electron chi connectivity index (χ4n) is 3.81. The van der Waals surface area contributed by atoms with Crippen LogP contribution in [0.2, 0.25) is 5.02 Å². The fourth-order valence-corrected chi connectivity index (χ4v) is 5.46. The standard InChI is InChI=1S/C21H20ClN3O5S/c1-24-20(27)17-9-6-15(11-18(17)21(24)28)23-19(26)13-3-2-10-25(12-13)31(29,30)16-7-4-14(22)5-8-16/h4-9,11,13H,2-3,10,12H2,1H3,(H,23,26). The molecule has 0 aliphatic carbocycles. The second-order valence-electron chi connectivity index (χ2n) is 7.58. The molecule has 2 heterocycles. The molecule has 0 radical (unpaired) electrons. The zero-order valence-electron chi connectivity index (χ0n) is 16.7. The van der Waals surface area contributed by atoms with Crippen molar-refractivity contribution in [3.8, 4) is 0 Å². The Kier molecular flexibility index (Phi) is 5.59. The van der Waals surface area contributed by atoms with E-state index < -0.39 is 21.8 Å². The lowest BCUT2D eigenvalue weighted by molar-refractivity contribution is -0.120. The molecule has 0 spiro atoms. The van der Waals surface area contributed by atoms with Gasteiger partial charge in [-0.1, -0.05) is 11.6 Å². The van der Waals surface area contributed by atoms with Crippen LogP contribution in [-0.4, -0.2) is 55.5 Å². The molecule has 0 aromatic heterocycles. The van der Waals surface area contributed by atoms with Crippen LogP contribution in [0.15, 0.2) is 47.4 Å². The minimum Gasteiger partial charge on any atom is -0.326 e. The van der Waals surface area contributed by atoms with Crippen LogP contribution in [0.1, 0.15) is 33.6 Å². The largest absolute Gasteiger partial charge is 0.326 e. The highest BCUT2D eigenvalue weighted by Crippen LogP contribution is 2.28. The molecule has 1 N–H and O–H groups in total. The zero-order chi connectivity index (χ0) is 22.3. The van der Waals surface area contributed by atoms with Gasteiger partial charge in [-0.05, 0) is 55.3 Å². The number of piperidine rings is 1. The summed E-state index contributed by atoms with van der Waals surface area (Å²) in [4.78, 5) is 38.1. The maximum absolute atomic E-state index is 12.9. The molecule has 8 nitrogen and oxygen atoms in total.